The summed E-state index contributed by atoms with van der Waals surface area (Å²) in [6.07, 6.45) is 8.24. The second-order valence-electron chi connectivity index (χ2n) is 8.58. The average molecular weight is 399 g/mol. The molecule has 3 rings (SSSR count). The van der Waals surface area contributed by atoms with Crippen LogP contribution in [0.3, 0.4) is 0 Å². The van der Waals surface area contributed by atoms with E-state index in [0.717, 1.165) is 48.1 Å². The largest absolute Gasteiger partial charge is 0.490 e. The Morgan fingerprint density at radius 2 is 2.03 bits per heavy atom. The molecule has 0 radical (unpaired) electrons. The number of hydrogen-bond acceptors (Lipinski definition) is 5. The number of ether oxygens (including phenoxy) is 2. The van der Waals surface area contributed by atoms with Crippen LogP contribution in [0.1, 0.15) is 49.8 Å². The molecule has 1 spiro atoms. The first kappa shape index (κ1) is 21.1. The molecule has 0 saturated heterocycles. The number of carboxylic acid groups (broad SMARTS) is 1. The minimum absolute atomic E-state index is 0.113. The maximum Gasteiger partial charge on any atom is 0.339 e. The van der Waals surface area contributed by atoms with Crippen LogP contribution in [0.5, 0.6) is 5.75 Å². The molecule has 6 nitrogen and oxygen atoms in total. The van der Waals surface area contributed by atoms with Crippen molar-refractivity contribution in [1.82, 2.24) is 5.32 Å². The number of carboxylic acids is 1. The molecule has 1 fully saturated rings. The van der Waals surface area contributed by atoms with Crippen LogP contribution in [0.25, 0.3) is 6.08 Å². The molecule has 1 aromatic carbocycles. The van der Waals surface area contributed by atoms with Gasteiger partial charge in [-0.15, -0.1) is 0 Å². The first-order valence-electron chi connectivity index (χ1n) is 9.90. The van der Waals surface area contributed by atoms with E-state index in [1.54, 1.807) is 13.3 Å². The zero-order valence-electron chi connectivity index (χ0n) is 17.5. The summed E-state index contributed by atoms with van der Waals surface area (Å²) in [5, 5.41) is 12.9. The minimum atomic E-state index is -1.23. The molecule has 6 heteroatoms. The topological polar surface area (TPSA) is 84.9 Å². The zero-order valence-corrected chi connectivity index (χ0v) is 17.5. The van der Waals surface area contributed by atoms with Crippen LogP contribution in [0.2, 0.25) is 0 Å². The number of aliphatic carboxylic acids is 1. The van der Waals surface area contributed by atoms with E-state index in [1.165, 1.54) is 12.2 Å². The Morgan fingerprint density at radius 3 is 2.62 bits per heavy atom. The molecule has 156 valence electrons. The first-order valence-corrected chi connectivity index (χ1v) is 9.90. The third-order valence-electron chi connectivity index (χ3n) is 5.82. The van der Waals surface area contributed by atoms with Crippen LogP contribution < -0.4 is 10.1 Å². The van der Waals surface area contributed by atoms with Gasteiger partial charge in [0.2, 0.25) is 0 Å². The van der Waals surface area contributed by atoms with E-state index in [4.69, 9.17) is 9.47 Å². The maximum atomic E-state index is 12.4. The van der Waals surface area contributed by atoms with Crippen LogP contribution in [0.4, 0.5) is 0 Å². The Morgan fingerprint density at radius 1 is 1.31 bits per heavy atom. The van der Waals surface area contributed by atoms with Gasteiger partial charge in [-0.05, 0) is 81.4 Å². The maximum absolute atomic E-state index is 12.4. The predicted molar refractivity (Wildman–Crippen MR) is 111 cm³/mol. The van der Waals surface area contributed by atoms with Gasteiger partial charge < -0.3 is 19.9 Å². The Kier molecular flexibility index (Phi) is 5.85. The van der Waals surface area contributed by atoms with Gasteiger partial charge in [0.15, 0.2) is 5.78 Å². The Bertz CT molecular complexity index is 877. The summed E-state index contributed by atoms with van der Waals surface area (Å²) in [5.74, 6) is -1.01. The second-order valence-corrected chi connectivity index (χ2v) is 8.58. The molecular weight excluding hydrogens is 370 g/mol. The molecule has 1 saturated carbocycles. The number of hydrogen-bond donors (Lipinski definition) is 2. The highest BCUT2D eigenvalue weighted by atomic mass is 16.5. The third-order valence-corrected chi connectivity index (χ3v) is 5.82. The number of carbonyl (C=O) groups excluding carboxylic acids is 1. The summed E-state index contributed by atoms with van der Waals surface area (Å²) >= 11 is 0. The molecule has 2 aliphatic rings. The number of fused-ring (bicyclic) bond motifs is 1. The Hall–Kier alpha value is -2.60. The molecule has 1 aliphatic carbocycles. The lowest BCUT2D eigenvalue weighted by molar-refractivity contribution is -0.133. The molecule has 0 amide bonds. The van der Waals surface area contributed by atoms with Crippen molar-refractivity contribution in [2.24, 2.45) is 0 Å². The molecule has 1 aliphatic heterocycles. The highest BCUT2D eigenvalue weighted by molar-refractivity contribution is 6.24. The highest BCUT2D eigenvalue weighted by Crippen LogP contribution is 2.38. The van der Waals surface area contributed by atoms with Crippen molar-refractivity contribution in [3.05, 3.63) is 46.7 Å². The summed E-state index contributed by atoms with van der Waals surface area (Å²) in [6.45, 7) is 6.22. The van der Waals surface area contributed by atoms with Gasteiger partial charge in [-0.1, -0.05) is 0 Å². The van der Waals surface area contributed by atoms with Crippen LogP contribution in [0.15, 0.2) is 30.0 Å². The lowest BCUT2D eigenvalue weighted by atomic mass is 9.72. The van der Waals surface area contributed by atoms with Crippen LogP contribution in [0, 0.1) is 6.92 Å². The van der Waals surface area contributed by atoms with E-state index in [0.29, 0.717) is 6.61 Å². The lowest BCUT2D eigenvalue weighted by Gasteiger charge is -2.43. The smallest absolute Gasteiger partial charge is 0.339 e. The molecule has 0 unspecified atom stereocenters. The van der Waals surface area contributed by atoms with Gasteiger partial charge in [-0.2, -0.15) is 0 Å². The van der Waals surface area contributed by atoms with Crippen molar-refractivity contribution in [3.8, 4) is 5.75 Å². The number of benzene rings is 1. The number of carbonyl (C=O) groups is 2. The monoisotopic (exact) mass is 399 g/mol. The third kappa shape index (κ3) is 4.70. The van der Waals surface area contributed by atoms with Crippen molar-refractivity contribution in [2.75, 3.05) is 13.7 Å². The van der Waals surface area contributed by atoms with Crippen LogP contribution in [-0.4, -0.2) is 41.7 Å². The van der Waals surface area contributed by atoms with Crippen LogP contribution >= 0.6 is 0 Å². The molecule has 29 heavy (non-hydrogen) atoms. The van der Waals surface area contributed by atoms with Crippen molar-refractivity contribution in [1.29, 1.82) is 0 Å². The molecular formula is C23H29NO5. The number of ketones is 1. The van der Waals surface area contributed by atoms with E-state index in [9.17, 15) is 14.7 Å². The van der Waals surface area contributed by atoms with Crippen LogP contribution in [-0.2, 0) is 20.7 Å². The van der Waals surface area contributed by atoms with E-state index >= 15 is 0 Å². The molecule has 0 bridgehead atoms. The van der Waals surface area contributed by atoms with Crippen molar-refractivity contribution < 1.29 is 24.2 Å². The first-order chi connectivity index (χ1) is 13.6. The zero-order chi connectivity index (χ0) is 21.2. The van der Waals surface area contributed by atoms with E-state index in [2.05, 4.69) is 5.32 Å². The SMILES string of the molecule is COC(C)(C)COc1cc2c(cc1C)/C=C(/C(=O)O)C(=O)/C=C\NC1(CCC1)C2. The quantitative estimate of drug-likeness (QED) is 0.738. The second kappa shape index (κ2) is 8.03. The number of aryl methyl sites for hydroxylation is 1. The van der Waals surface area contributed by atoms with Gasteiger partial charge in [-0.25, -0.2) is 4.79 Å². The van der Waals surface area contributed by atoms with Gasteiger partial charge in [0.1, 0.15) is 17.9 Å². The molecule has 0 aromatic heterocycles. The summed E-state index contributed by atoms with van der Waals surface area (Å²) in [6, 6.07) is 3.88. The number of rotatable bonds is 5. The number of nitrogens with one attached hydrogen (secondary N) is 1. The Labute approximate surface area is 171 Å². The number of allylic oxidation sites excluding steroid dienone is 1. The Balaban J connectivity index is 2.05. The fourth-order valence-electron chi connectivity index (χ4n) is 3.62. The van der Waals surface area contributed by atoms with Gasteiger partial charge in [-0.3, -0.25) is 4.79 Å². The fraction of sp³-hybridized carbons (Fsp3) is 0.478. The normalized spacial score (nSPS) is 21.2. The molecule has 1 aromatic rings. The van der Waals surface area contributed by atoms with Gasteiger partial charge in [0.05, 0.1) is 5.60 Å². The van der Waals surface area contributed by atoms with Gasteiger partial charge >= 0.3 is 5.97 Å². The minimum Gasteiger partial charge on any atom is -0.490 e. The van der Waals surface area contributed by atoms with Crippen molar-refractivity contribution >= 4 is 17.8 Å². The summed E-state index contributed by atoms with van der Waals surface area (Å²) < 4.78 is 11.5. The average Bonchev–Trinajstić information content (AvgIpc) is 2.63. The molecule has 0 atom stereocenters. The highest BCUT2D eigenvalue weighted by Gasteiger charge is 2.37. The van der Waals surface area contributed by atoms with Crippen molar-refractivity contribution in [3.63, 3.8) is 0 Å². The van der Waals surface area contributed by atoms with Gasteiger partial charge in [0, 0.05) is 24.9 Å². The molecule has 2 N–H and O–H groups in total. The standard InChI is InChI=1S/C23H29NO5/c1-15-10-16-11-18(21(26)27)19(25)6-9-24-23(7-5-8-23)13-17(16)12-20(15)29-14-22(2,3)28-4/h6,9-12,24H,5,7-8,13-14H2,1-4H3,(H,26,27)/b9-6-,18-11+. The van der Waals surface area contributed by atoms with E-state index in [-0.39, 0.29) is 11.1 Å². The molecule has 1 heterocycles. The van der Waals surface area contributed by atoms with E-state index in [1.807, 2.05) is 32.9 Å². The summed E-state index contributed by atoms with van der Waals surface area (Å²) in [5.41, 5.74) is 1.81. The predicted octanol–water partition coefficient (Wildman–Crippen LogP) is 3.42. The lowest BCUT2D eigenvalue weighted by Crippen LogP contribution is -2.50. The number of methoxy groups -OCH3 is 1. The van der Waals surface area contributed by atoms with Gasteiger partial charge in [0.25, 0.3) is 0 Å². The van der Waals surface area contributed by atoms with E-state index < -0.39 is 17.4 Å². The summed E-state index contributed by atoms with van der Waals surface area (Å²) in [7, 11) is 1.65. The fourth-order valence-corrected chi connectivity index (χ4v) is 3.62. The van der Waals surface area contributed by atoms with Crippen molar-refractivity contribution in [2.45, 2.75) is 57.6 Å². The summed E-state index contributed by atoms with van der Waals surface area (Å²) in [4.78, 5) is 24.0.